The number of amides is 1. The van der Waals surface area contributed by atoms with Gasteiger partial charge in [0.25, 0.3) is 0 Å². The lowest BCUT2D eigenvalue weighted by molar-refractivity contribution is -0.124. The molecule has 5 heteroatoms. The average Bonchev–Trinajstić information content (AvgIpc) is 2.79. The smallest absolute Gasteiger partial charge is 0.222 e. The van der Waals surface area contributed by atoms with Gasteiger partial charge in [0.1, 0.15) is 0 Å². The third-order valence-electron chi connectivity index (χ3n) is 3.61. The number of fused-ring (bicyclic) bond motifs is 1. The van der Waals surface area contributed by atoms with Gasteiger partial charge in [0, 0.05) is 13.0 Å². The summed E-state index contributed by atoms with van der Waals surface area (Å²) in [4.78, 5) is 16.2. The minimum atomic E-state index is -0.617. The molecule has 0 saturated heterocycles. The lowest BCUT2D eigenvalue weighted by atomic mass is 9.98. The number of nitrogens with one attached hydrogen (secondary N) is 1. The van der Waals surface area contributed by atoms with Gasteiger partial charge in [-0.05, 0) is 32.9 Å². The van der Waals surface area contributed by atoms with E-state index in [9.17, 15) is 9.90 Å². The maximum Gasteiger partial charge on any atom is 0.222 e. The maximum atomic E-state index is 11.9. The molecule has 1 amide bonds. The zero-order valence-electron chi connectivity index (χ0n) is 12.1. The van der Waals surface area contributed by atoms with Gasteiger partial charge in [-0.2, -0.15) is 0 Å². The number of aryl methyl sites for hydroxylation is 1. The molecule has 0 aliphatic heterocycles. The molecule has 0 fully saturated rings. The highest BCUT2D eigenvalue weighted by atomic mass is 16.3. The normalized spacial score (nSPS) is 13.4. The average molecular weight is 275 g/mol. The molecule has 0 spiro atoms. The third-order valence-corrected chi connectivity index (χ3v) is 3.61. The molecule has 2 aromatic rings. The molecule has 1 atom stereocenters. The van der Waals surface area contributed by atoms with Crippen LogP contribution in [0.4, 0.5) is 0 Å². The predicted octanol–water partition coefficient (Wildman–Crippen LogP) is 1.70. The van der Waals surface area contributed by atoms with Crippen molar-refractivity contribution in [3.05, 3.63) is 30.6 Å². The Morgan fingerprint density at radius 3 is 2.85 bits per heavy atom. The second kappa shape index (κ2) is 5.63. The highest BCUT2D eigenvalue weighted by Crippen LogP contribution is 2.13. The molecule has 0 bridgehead atoms. The van der Waals surface area contributed by atoms with Crippen LogP contribution in [0.1, 0.15) is 27.2 Å². The minimum absolute atomic E-state index is 0.0753. The monoisotopic (exact) mass is 275 g/mol. The number of carbonyl (C=O) groups is 1. The molecular formula is C15H21N3O2. The lowest BCUT2D eigenvalue weighted by Gasteiger charge is -2.29. The highest BCUT2D eigenvalue weighted by Gasteiger charge is 2.25. The van der Waals surface area contributed by atoms with E-state index in [-0.39, 0.29) is 5.91 Å². The van der Waals surface area contributed by atoms with Crippen LogP contribution >= 0.6 is 0 Å². The van der Waals surface area contributed by atoms with Crippen LogP contribution in [-0.2, 0) is 11.3 Å². The zero-order valence-corrected chi connectivity index (χ0v) is 12.1. The van der Waals surface area contributed by atoms with Crippen LogP contribution in [0.3, 0.4) is 0 Å². The topological polar surface area (TPSA) is 67.2 Å². The van der Waals surface area contributed by atoms with Crippen molar-refractivity contribution < 1.29 is 9.90 Å². The van der Waals surface area contributed by atoms with Crippen LogP contribution in [-0.4, -0.2) is 32.2 Å². The highest BCUT2D eigenvalue weighted by molar-refractivity contribution is 5.78. The van der Waals surface area contributed by atoms with Crippen molar-refractivity contribution in [3.8, 4) is 0 Å². The van der Waals surface area contributed by atoms with E-state index >= 15 is 0 Å². The van der Waals surface area contributed by atoms with Gasteiger partial charge in [-0.25, -0.2) is 4.98 Å². The second-order valence-electron chi connectivity index (χ2n) is 5.62. The first-order valence-corrected chi connectivity index (χ1v) is 6.79. The molecule has 20 heavy (non-hydrogen) atoms. The Hall–Kier alpha value is -1.88. The fourth-order valence-corrected chi connectivity index (χ4v) is 1.94. The van der Waals surface area contributed by atoms with Crippen molar-refractivity contribution in [3.63, 3.8) is 0 Å². The molecule has 0 saturated carbocycles. The number of aromatic nitrogens is 2. The largest absolute Gasteiger partial charge is 0.391 e. The van der Waals surface area contributed by atoms with Crippen LogP contribution in [0.2, 0.25) is 0 Å². The van der Waals surface area contributed by atoms with Gasteiger partial charge < -0.3 is 15.0 Å². The molecular weight excluding hydrogens is 254 g/mol. The Labute approximate surface area is 118 Å². The summed E-state index contributed by atoms with van der Waals surface area (Å²) in [6.45, 7) is 5.86. The van der Waals surface area contributed by atoms with Gasteiger partial charge in [0.15, 0.2) is 0 Å². The standard InChI is InChI=1S/C15H21N3O2/c1-11(19)15(2,3)17-14(20)8-9-18-10-16-12-6-4-5-7-13(12)18/h4-7,10-11,19H,8-9H2,1-3H3,(H,17,20). The molecule has 1 aromatic heterocycles. The van der Waals surface area contributed by atoms with Crippen LogP contribution in [0.5, 0.6) is 0 Å². The quantitative estimate of drug-likeness (QED) is 0.873. The molecule has 0 aliphatic carbocycles. The number of aliphatic hydroxyl groups is 1. The molecule has 1 unspecified atom stereocenters. The van der Waals surface area contributed by atoms with Crippen molar-refractivity contribution in [1.82, 2.24) is 14.9 Å². The van der Waals surface area contributed by atoms with Gasteiger partial charge in [-0.3, -0.25) is 4.79 Å². The summed E-state index contributed by atoms with van der Waals surface area (Å²) in [6, 6.07) is 7.83. The van der Waals surface area contributed by atoms with E-state index in [0.717, 1.165) is 11.0 Å². The molecule has 0 aliphatic rings. The number of hydrogen-bond donors (Lipinski definition) is 2. The first-order chi connectivity index (χ1) is 9.40. The summed E-state index contributed by atoms with van der Waals surface area (Å²) in [5, 5.41) is 12.4. The van der Waals surface area contributed by atoms with Crippen LogP contribution in [0.25, 0.3) is 11.0 Å². The summed E-state index contributed by atoms with van der Waals surface area (Å²) in [6.07, 6.45) is 1.51. The Kier molecular flexibility index (Phi) is 4.09. The number of nitrogens with zero attached hydrogens (tertiary/aromatic N) is 2. The molecule has 2 N–H and O–H groups in total. The number of carbonyl (C=O) groups excluding carboxylic acids is 1. The summed E-state index contributed by atoms with van der Waals surface area (Å²) < 4.78 is 1.96. The summed E-state index contributed by atoms with van der Waals surface area (Å²) in [5.41, 5.74) is 1.33. The van der Waals surface area contributed by atoms with Crippen molar-refractivity contribution >= 4 is 16.9 Å². The Morgan fingerprint density at radius 2 is 2.15 bits per heavy atom. The fourth-order valence-electron chi connectivity index (χ4n) is 1.94. The van der Waals surface area contributed by atoms with Crippen molar-refractivity contribution in [2.75, 3.05) is 0 Å². The van der Waals surface area contributed by atoms with Gasteiger partial charge in [-0.1, -0.05) is 12.1 Å². The van der Waals surface area contributed by atoms with Gasteiger partial charge in [-0.15, -0.1) is 0 Å². The molecule has 108 valence electrons. The summed E-state index contributed by atoms with van der Waals surface area (Å²) >= 11 is 0. The molecule has 1 aromatic carbocycles. The number of rotatable bonds is 5. The van der Waals surface area contributed by atoms with E-state index in [1.165, 1.54) is 0 Å². The van der Waals surface area contributed by atoms with Crippen molar-refractivity contribution in [2.24, 2.45) is 0 Å². The fraction of sp³-hybridized carbons (Fsp3) is 0.467. The zero-order chi connectivity index (χ0) is 14.8. The predicted molar refractivity (Wildman–Crippen MR) is 78.3 cm³/mol. The molecule has 1 heterocycles. The van der Waals surface area contributed by atoms with Crippen LogP contribution in [0.15, 0.2) is 30.6 Å². The van der Waals surface area contributed by atoms with E-state index in [1.54, 1.807) is 13.3 Å². The van der Waals surface area contributed by atoms with Gasteiger partial charge >= 0.3 is 0 Å². The summed E-state index contributed by atoms with van der Waals surface area (Å²) in [5.74, 6) is -0.0753. The van der Waals surface area contributed by atoms with E-state index in [0.29, 0.717) is 13.0 Å². The first-order valence-electron chi connectivity index (χ1n) is 6.79. The van der Waals surface area contributed by atoms with Crippen molar-refractivity contribution in [2.45, 2.75) is 45.4 Å². The van der Waals surface area contributed by atoms with E-state index in [4.69, 9.17) is 0 Å². The lowest BCUT2D eigenvalue weighted by Crippen LogP contribution is -2.51. The number of aliphatic hydroxyl groups excluding tert-OH is 1. The Morgan fingerprint density at radius 1 is 1.45 bits per heavy atom. The Bertz CT molecular complexity index is 602. The van der Waals surface area contributed by atoms with E-state index < -0.39 is 11.6 Å². The minimum Gasteiger partial charge on any atom is -0.391 e. The molecule has 2 rings (SSSR count). The number of hydrogen-bond acceptors (Lipinski definition) is 3. The molecule has 0 radical (unpaired) electrons. The Balaban J connectivity index is 1.97. The van der Waals surface area contributed by atoms with Crippen molar-refractivity contribution in [1.29, 1.82) is 0 Å². The van der Waals surface area contributed by atoms with Crippen LogP contribution in [0, 0.1) is 0 Å². The van der Waals surface area contributed by atoms with Gasteiger partial charge in [0.2, 0.25) is 5.91 Å². The number of para-hydroxylation sites is 2. The number of benzene rings is 1. The third kappa shape index (κ3) is 3.17. The number of imidazole rings is 1. The van der Waals surface area contributed by atoms with Crippen LogP contribution < -0.4 is 5.32 Å². The maximum absolute atomic E-state index is 11.9. The summed E-state index contributed by atoms with van der Waals surface area (Å²) in [7, 11) is 0. The van der Waals surface area contributed by atoms with E-state index in [2.05, 4.69) is 10.3 Å². The molecule has 5 nitrogen and oxygen atoms in total. The SMILES string of the molecule is CC(O)C(C)(C)NC(=O)CCn1cnc2ccccc21. The second-order valence-corrected chi connectivity index (χ2v) is 5.62. The first kappa shape index (κ1) is 14.5. The van der Waals surface area contributed by atoms with E-state index in [1.807, 2.05) is 42.7 Å². The van der Waals surface area contributed by atoms with Gasteiger partial charge in [0.05, 0.1) is 29.0 Å².